The normalized spacial score (nSPS) is 13.6. The summed E-state index contributed by atoms with van der Waals surface area (Å²) < 4.78 is 23.4. The van der Waals surface area contributed by atoms with Crippen molar-refractivity contribution in [2.24, 2.45) is 0 Å². The minimum atomic E-state index is -0.764. The number of halogens is 1. The minimum Gasteiger partial charge on any atom is -0.477 e. The third-order valence-electron chi connectivity index (χ3n) is 4.82. The number of amides is 1. The molecule has 1 amide bonds. The molecule has 3 aromatic rings. The van der Waals surface area contributed by atoms with Gasteiger partial charge in [-0.2, -0.15) is 0 Å². The fourth-order valence-electron chi connectivity index (χ4n) is 2.91. The van der Waals surface area contributed by atoms with Crippen LogP contribution in [0.2, 0.25) is 0 Å². The smallest absolute Gasteiger partial charge is 0.254 e. The van der Waals surface area contributed by atoms with Crippen LogP contribution < -0.4 is 14.8 Å². The van der Waals surface area contributed by atoms with Crippen LogP contribution in [0.15, 0.2) is 36.0 Å². The zero-order valence-corrected chi connectivity index (χ0v) is 19.6. The summed E-state index contributed by atoms with van der Waals surface area (Å²) >= 11 is 3.16. The third-order valence-corrected chi connectivity index (χ3v) is 6.82. The molecule has 1 aliphatic carbocycles. The molecule has 1 saturated carbocycles. The van der Waals surface area contributed by atoms with Crippen molar-refractivity contribution in [2.75, 3.05) is 11.3 Å². The van der Waals surface area contributed by atoms with Gasteiger partial charge in [-0.3, -0.25) is 9.78 Å². The summed E-state index contributed by atoms with van der Waals surface area (Å²) in [4.78, 5) is 25.8. The second-order valence-corrected chi connectivity index (χ2v) is 9.87. The highest BCUT2D eigenvalue weighted by Gasteiger charge is 2.28. The minimum absolute atomic E-state index is 0.0476. The first-order valence-corrected chi connectivity index (χ1v) is 12.1. The van der Waals surface area contributed by atoms with Crippen molar-refractivity contribution >= 4 is 34.3 Å². The van der Waals surface area contributed by atoms with Gasteiger partial charge >= 0.3 is 0 Å². The van der Waals surface area contributed by atoms with Crippen LogP contribution in [0.4, 0.5) is 9.52 Å². The molecule has 0 bridgehead atoms. The van der Waals surface area contributed by atoms with Crippen LogP contribution in [0.25, 0.3) is 11.3 Å². The second kappa shape index (κ2) is 9.41. The highest BCUT2D eigenvalue weighted by molar-refractivity contribution is 8.01. The number of carbonyl (C=O) groups is 1. The van der Waals surface area contributed by atoms with Crippen molar-refractivity contribution in [3.63, 3.8) is 0 Å². The topological polar surface area (TPSA) is 89.0 Å². The molecule has 2 aromatic heterocycles. The molecule has 1 aliphatic rings. The summed E-state index contributed by atoms with van der Waals surface area (Å²) in [6, 6.07) is 4.37. The van der Waals surface area contributed by atoms with E-state index >= 15 is 0 Å². The Kier molecular flexibility index (Phi) is 6.61. The number of nitrogens with zero attached hydrogens (tertiary/aromatic N) is 3. The van der Waals surface area contributed by atoms with Gasteiger partial charge in [0.2, 0.25) is 5.88 Å². The van der Waals surface area contributed by atoms with E-state index in [-0.39, 0.29) is 5.56 Å². The van der Waals surface area contributed by atoms with Gasteiger partial charge in [0.1, 0.15) is 5.82 Å². The second-order valence-electron chi connectivity index (χ2n) is 7.91. The zero-order valence-electron chi connectivity index (χ0n) is 18.0. The number of carbonyl (C=O) groups excluding carboxylic acids is 1. The Bertz CT molecular complexity index is 1120. The summed E-state index contributed by atoms with van der Waals surface area (Å²) in [6.07, 6.45) is 5.48. The zero-order chi connectivity index (χ0) is 22.7. The number of ether oxygens (including phenoxy) is 1. The number of hydrogen-bond acceptors (Lipinski definition) is 8. The standard InChI is InChI=1S/C22H24FN5O2S2/c1-4-30-19-11-24-10-17(25-19)13-5-8-15(16(23)9-13)20(29)27-22(2,3)18-12-31-21(26-18)28-32-14-6-7-14/h5,8-12,14H,4,6-7H2,1-3H3,(H,26,28)(H,27,29). The van der Waals surface area contributed by atoms with E-state index in [1.165, 1.54) is 48.7 Å². The number of nitrogens with one attached hydrogen (secondary N) is 2. The van der Waals surface area contributed by atoms with Crippen molar-refractivity contribution in [1.29, 1.82) is 0 Å². The van der Waals surface area contributed by atoms with Gasteiger partial charge in [-0.1, -0.05) is 6.07 Å². The predicted molar refractivity (Wildman–Crippen MR) is 125 cm³/mol. The van der Waals surface area contributed by atoms with Crippen molar-refractivity contribution in [2.45, 2.75) is 44.4 Å². The number of rotatable bonds is 9. The van der Waals surface area contributed by atoms with Gasteiger partial charge in [-0.05, 0) is 57.7 Å². The number of benzene rings is 1. The number of aromatic nitrogens is 3. The van der Waals surface area contributed by atoms with E-state index in [1.54, 1.807) is 18.0 Å². The van der Waals surface area contributed by atoms with Gasteiger partial charge in [0.25, 0.3) is 5.91 Å². The molecule has 0 unspecified atom stereocenters. The largest absolute Gasteiger partial charge is 0.477 e. The lowest BCUT2D eigenvalue weighted by Gasteiger charge is -2.24. The molecule has 10 heteroatoms. The maximum absolute atomic E-state index is 14.8. The molecule has 0 spiro atoms. The van der Waals surface area contributed by atoms with Crippen molar-refractivity contribution in [1.82, 2.24) is 20.3 Å². The first-order chi connectivity index (χ1) is 15.4. The van der Waals surface area contributed by atoms with Crippen LogP contribution in [0.1, 0.15) is 49.7 Å². The van der Waals surface area contributed by atoms with Gasteiger partial charge in [0, 0.05) is 16.2 Å². The number of thiazole rings is 1. The molecule has 32 heavy (non-hydrogen) atoms. The van der Waals surface area contributed by atoms with Gasteiger partial charge in [0.15, 0.2) is 5.13 Å². The van der Waals surface area contributed by atoms with E-state index < -0.39 is 17.3 Å². The first kappa shape index (κ1) is 22.5. The Morgan fingerprint density at radius 3 is 2.84 bits per heavy atom. The lowest BCUT2D eigenvalue weighted by Crippen LogP contribution is -2.41. The van der Waals surface area contributed by atoms with E-state index in [9.17, 15) is 9.18 Å². The maximum atomic E-state index is 14.8. The van der Waals surface area contributed by atoms with Crippen LogP contribution in [0.5, 0.6) is 5.88 Å². The Labute approximate surface area is 194 Å². The lowest BCUT2D eigenvalue weighted by atomic mass is 10.0. The highest BCUT2D eigenvalue weighted by atomic mass is 32.2. The molecular formula is C22H24FN5O2S2. The molecule has 7 nitrogen and oxygen atoms in total. The van der Waals surface area contributed by atoms with Crippen LogP contribution in [-0.2, 0) is 5.54 Å². The van der Waals surface area contributed by atoms with Crippen molar-refractivity contribution in [3.05, 3.63) is 53.0 Å². The average molecular weight is 474 g/mol. The fourth-order valence-corrected chi connectivity index (χ4v) is 4.65. The molecule has 1 aromatic carbocycles. The average Bonchev–Trinajstić information content (AvgIpc) is 3.46. The molecular weight excluding hydrogens is 449 g/mol. The summed E-state index contributed by atoms with van der Waals surface area (Å²) in [5, 5.41) is 6.25. The highest BCUT2D eigenvalue weighted by Crippen LogP contribution is 2.36. The van der Waals surface area contributed by atoms with Crippen LogP contribution in [0, 0.1) is 5.82 Å². The molecule has 0 saturated heterocycles. The number of anilines is 1. The van der Waals surface area contributed by atoms with E-state index in [0.29, 0.717) is 29.0 Å². The Morgan fingerprint density at radius 1 is 1.31 bits per heavy atom. The molecule has 0 atom stereocenters. The van der Waals surface area contributed by atoms with E-state index in [2.05, 4.69) is 25.0 Å². The Hall–Kier alpha value is -2.72. The lowest BCUT2D eigenvalue weighted by molar-refractivity contribution is 0.0906. The molecule has 2 heterocycles. The van der Waals surface area contributed by atoms with Gasteiger partial charge < -0.3 is 14.8 Å². The van der Waals surface area contributed by atoms with Crippen LogP contribution >= 0.6 is 23.3 Å². The number of hydrogen-bond donors (Lipinski definition) is 2. The Balaban J connectivity index is 1.46. The third kappa shape index (κ3) is 5.36. The predicted octanol–water partition coefficient (Wildman–Crippen LogP) is 5.03. The van der Waals surface area contributed by atoms with Crippen molar-refractivity contribution in [3.8, 4) is 17.1 Å². The van der Waals surface area contributed by atoms with Gasteiger partial charge in [0.05, 0.1) is 41.5 Å². The fraction of sp³-hybridized carbons (Fsp3) is 0.364. The maximum Gasteiger partial charge on any atom is 0.254 e. The van der Waals surface area contributed by atoms with Gasteiger partial charge in [-0.15, -0.1) is 11.3 Å². The van der Waals surface area contributed by atoms with Crippen LogP contribution in [-0.4, -0.2) is 32.7 Å². The Morgan fingerprint density at radius 2 is 2.12 bits per heavy atom. The summed E-state index contributed by atoms with van der Waals surface area (Å²) in [5.41, 5.74) is 0.882. The summed E-state index contributed by atoms with van der Waals surface area (Å²) in [6.45, 7) is 5.99. The molecule has 2 N–H and O–H groups in total. The summed E-state index contributed by atoms with van der Waals surface area (Å²) in [7, 11) is 0. The molecule has 168 valence electrons. The molecule has 0 aliphatic heterocycles. The molecule has 4 rings (SSSR count). The molecule has 0 radical (unpaired) electrons. The monoisotopic (exact) mass is 473 g/mol. The van der Waals surface area contributed by atoms with Gasteiger partial charge in [-0.25, -0.2) is 14.4 Å². The molecule has 1 fully saturated rings. The van der Waals surface area contributed by atoms with E-state index in [4.69, 9.17) is 4.74 Å². The first-order valence-electron chi connectivity index (χ1n) is 10.3. The van der Waals surface area contributed by atoms with E-state index in [0.717, 1.165) is 10.8 Å². The summed E-state index contributed by atoms with van der Waals surface area (Å²) in [5.74, 6) is -0.787. The van der Waals surface area contributed by atoms with Crippen molar-refractivity contribution < 1.29 is 13.9 Å². The van der Waals surface area contributed by atoms with E-state index in [1.807, 2.05) is 26.2 Å². The SMILES string of the molecule is CCOc1cncc(-c2ccc(C(=O)NC(C)(C)c3csc(NSC4CC4)n3)c(F)c2)n1. The van der Waals surface area contributed by atoms with Crippen LogP contribution in [0.3, 0.4) is 0 Å². The quantitative estimate of drug-likeness (QED) is 0.422.